The Balaban J connectivity index is 1.84. The van der Waals surface area contributed by atoms with Gasteiger partial charge in [-0.25, -0.2) is 4.98 Å². The van der Waals surface area contributed by atoms with Gasteiger partial charge in [0, 0.05) is 16.8 Å². The average molecular weight is 303 g/mol. The number of alkyl halides is 1. The Hall–Kier alpha value is -0.420. The molecule has 0 radical (unpaired) electrons. The molecule has 2 unspecified atom stereocenters. The first-order valence-corrected chi connectivity index (χ1v) is 7.31. The lowest BCUT2D eigenvalue weighted by Gasteiger charge is -2.13. The predicted octanol–water partition coefficient (Wildman–Crippen LogP) is 2.74. The molecule has 16 heavy (non-hydrogen) atoms. The van der Waals surface area contributed by atoms with E-state index in [4.69, 9.17) is 0 Å². The van der Waals surface area contributed by atoms with Crippen molar-refractivity contribution in [3.05, 3.63) is 16.1 Å². The molecule has 5 heteroatoms. The van der Waals surface area contributed by atoms with Gasteiger partial charge < -0.3 is 5.32 Å². The van der Waals surface area contributed by atoms with Gasteiger partial charge in [-0.1, -0.05) is 22.4 Å². The number of hydrogen-bond donors (Lipinski definition) is 1. The number of halogens is 1. The van der Waals surface area contributed by atoms with Crippen LogP contribution in [0.2, 0.25) is 0 Å². The van der Waals surface area contributed by atoms with Crippen LogP contribution in [0.5, 0.6) is 0 Å². The van der Waals surface area contributed by atoms with Gasteiger partial charge in [0.05, 0.1) is 5.01 Å². The summed E-state index contributed by atoms with van der Waals surface area (Å²) >= 11 is 5.16. The van der Waals surface area contributed by atoms with Crippen molar-refractivity contribution in [2.45, 2.75) is 31.0 Å². The summed E-state index contributed by atoms with van der Waals surface area (Å²) in [5.74, 6) is 0.527. The van der Waals surface area contributed by atoms with E-state index in [1.54, 1.807) is 0 Å². The minimum absolute atomic E-state index is 0.0454. The molecule has 2 atom stereocenters. The van der Waals surface area contributed by atoms with E-state index in [1.807, 2.05) is 12.3 Å². The molecular weight excluding hydrogens is 288 g/mol. The second-order valence-corrected chi connectivity index (χ2v) is 6.41. The van der Waals surface area contributed by atoms with Gasteiger partial charge in [0.2, 0.25) is 0 Å². The molecule has 1 fully saturated rings. The van der Waals surface area contributed by atoms with Crippen LogP contribution in [0.4, 0.5) is 0 Å². The molecular formula is C11H15BrN2OS. The number of thiazole rings is 1. The van der Waals surface area contributed by atoms with Crippen molar-refractivity contribution in [2.75, 3.05) is 6.54 Å². The molecule has 1 N–H and O–H groups in total. The maximum absolute atomic E-state index is 11.7. The number of aromatic nitrogens is 1. The van der Waals surface area contributed by atoms with Crippen molar-refractivity contribution in [3.63, 3.8) is 0 Å². The van der Waals surface area contributed by atoms with E-state index in [0.29, 0.717) is 16.4 Å². The van der Waals surface area contributed by atoms with Crippen LogP contribution in [-0.4, -0.2) is 22.3 Å². The summed E-state index contributed by atoms with van der Waals surface area (Å²) < 4.78 is 0. The first-order chi connectivity index (χ1) is 7.66. The fraction of sp³-hybridized carbons (Fsp3) is 0.636. The number of carbonyl (C=O) groups excluding carboxylic acids is 1. The van der Waals surface area contributed by atoms with Crippen LogP contribution in [0.3, 0.4) is 0 Å². The van der Waals surface area contributed by atoms with E-state index in [-0.39, 0.29) is 5.91 Å². The summed E-state index contributed by atoms with van der Waals surface area (Å²) in [4.78, 5) is 16.5. The van der Waals surface area contributed by atoms with Crippen molar-refractivity contribution < 1.29 is 4.79 Å². The van der Waals surface area contributed by atoms with Crippen LogP contribution >= 0.6 is 27.3 Å². The third-order valence-electron chi connectivity index (χ3n) is 2.94. The Morgan fingerprint density at radius 3 is 3.06 bits per heavy atom. The summed E-state index contributed by atoms with van der Waals surface area (Å²) in [7, 11) is 0. The molecule has 1 heterocycles. The zero-order chi connectivity index (χ0) is 11.5. The lowest BCUT2D eigenvalue weighted by atomic mass is 10.1. The third-order valence-corrected chi connectivity index (χ3v) is 4.92. The number of rotatable bonds is 3. The number of amides is 1. The largest absolute Gasteiger partial charge is 0.350 e. The molecule has 1 aromatic rings. The van der Waals surface area contributed by atoms with E-state index in [0.717, 1.165) is 11.6 Å². The molecule has 0 aromatic carbocycles. The van der Waals surface area contributed by atoms with Gasteiger partial charge in [0.15, 0.2) is 0 Å². The monoisotopic (exact) mass is 302 g/mol. The van der Waals surface area contributed by atoms with E-state index >= 15 is 0 Å². The summed E-state index contributed by atoms with van der Waals surface area (Å²) in [6.45, 7) is 2.66. The van der Waals surface area contributed by atoms with Crippen molar-refractivity contribution in [1.82, 2.24) is 10.3 Å². The van der Waals surface area contributed by atoms with Gasteiger partial charge >= 0.3 is 0 Å². The molecule has 0 spiro atoms. The van der Waals surface area contributed by atoms with Gasteiger partial charge in [-0.05, 0) is 25.7 Å². The quantitative estimate of drug-likeness (QED) is 0.872. The summed E-state index contributed by atoms with van der Waals surface area (Å²) in [6, 6.07) is 0. The molecule has 1 saturated carbocycles. The Kier molecular flexibility index (Phi) is 3.97. The molecule has 2 rings (SSSR count). The summed E-state index contributed by atoms with van der Waals surface area (Å²) in [5.41, 5.74) is 0.548. The summed E-state index contributed by atoms with van der Waals surface area (Å²) in [5, 5.41) is 5.70. The minimum Gasteiger partial charge on any atom is -0.350 e. The molecule has 1 aliphatic carbocycles. The minimum atomic E-state index is -0.0454. The molecule has 1 aromatic heterocycles. The lowest BCUT2D eigenvalue weighted by Crippen LogP contribution is -2.31. The summed E-state index contributed by atoms with van der Waals surface area (Å²) in [6.07, 6.45) is 3.68. The van der Waals surface area contributed by atoms with Crippen LogP contribution in [0.1, 0.15) is 34.8 Å². The zero-order valence-electron chi connectivity index (χ0n) is 9.20. The number of aryl methyl sites for hydroxylation is 1. The number of carbonyl (C=O) groups is 1. The second-order valence-electron chi connectivity index (χ2n) is 4.17. The normalized spacial score (nSPS) is 24.6. The Labute approximate surface area is 108 Å². The molecule has 88 valence electrons. The van der Waals surface area contributed by atoms with E-state index in [2.05, 4.69) is 26.2 Å². The highest BCUT2D eigenvalue weighted by molar-refractivity contribution is 9.09. The molecule has 1 aliphatic rings. The topological polar surface area (TPSA) is 42.0 Å². The predicted molar refractivity (Wildman–Crippen MR) is 69.2 cm³/mol. The molecule has 1 amide bonds. The fourth-order valence-electron chi connectivity index (χ4n) is 2.00. The standard InChI is InChI=1S/C11H15BrN2OS/c1-7-14-10(6-16-7)11(15)13-5-8-3-2-4-9(8)12/h6,8-9H,2-5H2,1H3,(H,13,15). The van der Waals surface area contributed by atoms with Crippen LogP contribution in [-0.2, 0) is 0 Å². The van der Waals surface area contributed by atoms with Crippen LogP contribution in [0, 0.1) is 12.8 Å². The van der Waals surface area contributed by atoms with E-state index in [9.17, 15) is 4.79 Å². The SMILES string of the molecule is Cc1nc(C(=O)NCC2CCCC2Br)cs1. The Morgan fingerprint density at radius 1 is 1.69 bits per heavy atom. The highest BCUT2D eigenvalue weighted by atomic mass is 79.9. The van der Waals surface area contributed by atoms with Crippen LogP contribution in [0.15, 0.2) is 5.38 Å². The molecule has 0 bridgehead atoms. The zero-order valence-corrected chi connectivity index (χ0v) is 11.6. The maximum atomic E-state index is 11.7. The number of nitrogens with one attached hydrogen (secondary N) is 1. The van der Waals surface area contributed by atoms with E-state index in [1.165, 1.54) is 30.6 Å². The van der Waals surface area contributed by atoms with Crippen molar-refractivity contribution >= 4 is 33.2 Å². The lowest BCUT2D eigenvalue weighted by molar-refractivity contribution is 0.0943. The Morgan fingerprint density at radius 2 is 2.50 bits per heavy atom. The molecule has 0 aliphatic heterocycles. The van der Waals surface area contributed by atoms with Crippen LogP contribution in [0.25, 0.3) is 0 Å². The van der Waals surface area contributed by atoms with Gasteiger partial charge in [-0.3, -0.25) is 4.79 Å². The van der Waals surface area contributed by atoms with Crippen molar-refractivity contribution in [1.29, 1.82) is 0 Å². The van der Waals surface area contributed by atoms with E-state index < -0.39 is 0 Å². The Bertz CT molecular complexity index is 380. The van der Waals surface area contributed by atoms with Crippen molar-refractivity contribution in [3.8, 4) is 0 Å². The number of nitrogens with zero attached hydrogens (tertiary/aromatic N) is 1. The second kappa shape index (κ2) is 5.27. The first kappa shape index (κ1) is 12.0. The van der Waals surface area contributed by atoms with Gasteiger partial charge in [-0.15, -0.1) is 11.3 Å². The van der Waals surface area contributed by atoms with Gasteiger partial charge in [0.25, 0.3) is 5.91 Å². The van der Waals surface area contributed by atoms with Crippen LogP contribution < -0.4 is 5.32 Å². The van der Waals surface area contributed by atoms with Crippen molar-refractivity contribution in [2.24, 2.45) is 5.92 Å². The maximum Gasteiger partial charge on any atom is 0.270 e. The third kappa shape index (κ3) is 2.83. The molecule has 0 saturated heterocycles. The average Bonchev–Trinajstić information content (AvgIpc) is 2.84. The molecule has 3 nitrogen and oxygen atoms in total. The van der Waals surface area contributed by atoms with Gasteiger partial charge in [-0.2, -0.15) is 0 Å². The smallest absolute Gasteiger partial charge is 0.270 e. The number of hydrogen-bond acceptors (Lipinski definition) is 3. The van der Waals surface area contributed by atoms with Gasteiger partial charge in [0.1, 0.15) is 5.69 Å². The fourth-order valence-corrected chi connectivity index (χ4v) is 3.37. The highest BCUT2D eigenvalue weighted by Gasteiger charge is 2.25. The first-order valence-electron chi connectivity index (χ1n) is 5.51. The highest BCUT2D eigenvalue weighted by Crippen LogP contribution is 2.30.